The van der Waals surface area contributed by atoms with E-state index in [1.54, 1.807) is 12.3 Å². The number of hydrogen-bond acceptors (Lipinski definition) is 6. The highest BCUT2D eigenvalue weighted by Gasteiger charge is 2.51. The Kier molecular flexibility index (Phi) is 4.05. The summed E-state index contributed by atoms with van der Waals surface area (Å²) in [5.74, 6) is 1.24. The SMILES string of the molecule is Cc1cc(C(=O)N2CC3(CC(OCc4cccnc4)CS3)C2)on1. The van der Waals surface area contributed by atoms with Gasteiger partial charge >= 0.3 is 0 Å². The van der Waals surface area contributed by atoms with Gasteiger partial charge in [0.2, 0.25) is 5.76 Å². The van der Waals surface area contributed by atoms with Gasteiger partial charge in [-0.3, -0.25) is 9.78 Å². The molecular weight excluding hydrogens is 326 g/mol. The zero-order valence-corrected chi connectivity index (χ0v) is 14.3. The molecule has 1 amide bonds. The van der Waals surface area contributed by atoms with E-state index in [4.69, 9.17) is 9.26 Å². The maximum absolute atomic E-state index is 12.3. The van der Waals surface area contributed by atoms with Gasteiger partial charge in [-0.25, -0.2) is 0 Å². The largest absolute Gasteiger partial charge is 0.373 e. The van der Waals surface area contributed by atoms with Crippen LogP contribution in [0.25, 0.3) is 0 Å². The summed E-state index contributed by atoms with van der Waals surface area (Å²) in [5.41, 5.74) is 1.82. The summed E-state index contributed by atoms with van der Waals surface area (Å²) in [6.45, 7) is 3.91. The van der Waals surface area contributed by atoms with Gasteiger partial charge in [0.1, 0.15) is 0 Å². The highest BCUT2D eigenvalue weighted by Crippen LogP contribution is 2.46. The number of nitrogens with zero attached hydrogens (tertiary/aromatic N) is 3. The van der Waals surface area contributed by atoms with Crippen molar-refractivity contribution in [1.29, 1.82) is 0 Å². The van der Waals surface area contributed by atoms with E-state index in [1.165, 1.54) is 0 Å². The van der Waals surface area contributed by atoms with Crippen LogP contribution in [0.3, 0.4) is 0 Å². The van der Waals surface area contributed by atoms with Crippen LogP contribution in [-0.2, 0) is 11.3 Å². The maximum atomic E-state index is 12.3. The molecule has 2 fully saturated rings. The van der Waals surface area contributed by atoms with E-state index >= 15 is 0 Å². The number of pyridine rings is 1. The Hall–Kier alpha value is -1.86. The predicted octanol–water partition coefficient (Wildman–Crippen LogP) is 2.29. The quantitative estimate of drug-likeness (QED) is 0.847. The van der Waals surface area contributed by atoms with E-state index < -0.39 is 0 Å². The highest BCUT2D eigenvalue weighted by molar-refractivity contribution is 8.01. The summed E-state index contributed by atoms with van der Waals surface area (Å²) in [7, 11) is 0. The van der Waals surface area contributed by atoms with Gasteiger partial charge in [0.15, 0.2) is 0 Å². The van der Waals surface area contributed by atoms with Crippen LogP contribution in [-0.4, -0.2) is 50.6 Å². The van der Waals surface area contributed by atoms with Crippen molar-refractivity contribution in [3.05, 3.63) is 47.6 Å². The van der Waals surface area contributed by atoms with E-state index in [1.807, 2.05) is 41.9 Å². The second-order valence-corrected chi connectivity index (χ2v) is 7.97. The molecule has 0 N–H and O–H groups in total. The molecule has 2 aromatic heterocycles. The fourth-order valence-electron chi connectivity index (χ4n) is 3.24. The van der Waals surface area contributed by atoms with Crippen LogP contribution in [0.2, 0.25) is 0 Å². The molecule has 2 aliphatic heterocycles. The second-order valence-electron chi connectivity index (χ2n) is 6.49. The lowest BCUT2D eigenvalue weighted by molar-refractivity contribution is 0.0239. The van der Waals surface area contributed by atoms with Gasteiger partial charge in [0.05, 0.1) is 23.2 Å². The summed E-state index contributed by atoms with van der Waals surface area (Å²) >= 11 is 1.92. The number of carbonyl (C=O) groups is 1. The number of amides is 1. The fourth-order valence-corrected chi connectivity index (χ4v) is 4.79. The summed E-state index contributed by atoms with van der Waals surface area (Å²) in [5, 5.41) is 3.78. The minimum absolute atomic E-state index is 0.0680. The minimum atomic E-state index is -0.0680. The number of likely N-dealkylation sites (tertiary alicyclic amines) is 1. The number of thioether (sulfide) groups is 1. The summed E-state index contributed by atoms with van der Waals surface area (Å²) in [6.07, 6.45) is 4.82. The van der Waals surface area contributed by atoms with Crippen LogP contribution in [0.4, 0.5) is 0 Å². The van der Waals surface area contributed by atoms with E-state index in [0.29, 0.717) is 12.4 Å². The normalized spacial score (nSPS) is 21.9. The smallest absolute Gasteiger partial charge is 0.292 e. The molecule has 24 heavy (non-hydrogen) atoms. The molecule has 0 saturated carbocycles. The van der Waals surface area contributed by atoms with Crippen molar-refractivity contribution < 1.29 is 14.1 Å². The second kappa shape index (κ2) is 6.22. The van der Waals surface area contributed by atoms with E-state index in [0.717, 1.165) is 36.5 Å². The first-order valence-electron chi connectivity index (χ1n) is 8.01. The lowest BCUT2D eigenvalue weighted by Crippen LogP contribution is -2.60. The topological polar surface area (TPSA) is 68.5 Å². The third kappa shape index (κ3) is 3.06. The third-order valence-electron chi connectivity index (χ3n) is 4.47. The Bertz CT molecular complexity index is 728. The van der Waals surface area contributed by atoms with Crippen molar-refractivity contribution in [2.75, 3.05) is 18.8 Å². The van der Waals surface area contributed by atoms with Crippen molar-refractivity contribution in [1.82, 2.24) is 15.0 Å². The third-order valence-corrected chi connectivity index (χ3v) is 6.04. The van der Waals surface area contributed by atoms with Crippen LogP contribution >= 0.6 is 11.8 Å². The molecule has 4 heterocycles. The van der Waals surface area contributed by atoms with Crippen LogP contribution in [0, 0.1) is 6.92 Å². The molecule has 1 atom stereocenters. The van der Waals surface area contributed by atoms with Gasteiger partial charge in [0.25, 0.3) is 5.91 Å². The molecule has 126 valence electrons. The molecule has 0 bridgehead atoms. The molecule has 0 aromatic carbocycles. The number of hydrogen-bond donors (Lipinski definition) is 0. The van der Waals surface area contributed by atoms with E-state index in [-0.39, 0.29) is 16.8 Å². The van der Waals surface area contributed by atoms with Crippen LogP contribution in [0.1, 0.15) is 28.2 Å². The van der Waals surface area contributed by atoms with E-state index in [9.17, 15) is 4.79 Å². The maximum Gasteiger partial charge on any atom is 0.292 e. The molecule has 2 aromatic rings. The minimum Gasteiger partial charge on any atom is -0.373 e. The first-order chi connectivity index (χ1) is 11.6. The summed E-state index contributed by atoms with van der Waals surface area (Å²) in [4.78, 5) is 18.2. The number of carbonyl (C=O) groups excluding carboxylic acids is 1. The summed E-state index contributed by atoms with van der Waals surface area (Å²) in [6, 6.07) is 5.63. The first-order valence-corrected chi connectivity index (χ1v) is 8.99. The van der Waals surface area contributed by atoms with Crippen molar-refractivity contribution in [3.63, 3.8) is 0 Å². The van der Waals surface area contributed by atoms with Crippen LogP contribution in [0.15, 0.2) is 35.1 Å². The van der Waals surface area contributed by atoms with Gasteiger partial charge in [-0.15, -0.1) is 11.8 Å². The molecule has 0 radical (unpaired) electrons. The lowest BCUT2D eigenvalue weighted by atomic mass is 9.92. The molecule has 4 rings (SSSR count). The van der Waals surface area contributed by atoms with Crippen molar-refractivity contribution in [2.24, 2.45) is 0 Å². The Labute approximate surface area is 144 Å². The fraction of sp³-hybridized carbons (Fsp3) is 0.471. The Morgan fingerprint density at radius 1 is 1.54 bits per heavy atom. The van der Waals surface area contributed by atoms with Crippen LogP contribution < -0.4 is 0 Å². The van der Waals surface area contributed by atoms with Crippen molar-refractivity contribution in [2.45, 2.75) is 30.8 Å². The zero-order chi connectivity index (χ0) is 16.6. The highest BCUT2D eigenvalue weighted by atomic mass is 32.2. The average molecular weight is 345 g/mol. The van der Waals surface area contributed by atoms with Gasteiger partial charge < -0.3 is 14.2 Å². The van der Waals surface area contributed by atoms with E-state index in [2.05, 4.69) is 10.1 Å². The molecule has 2 saturated heterocycles. The Morgan fingerprint density at radius 2 is 2.42 bits per heavy atom. The number of aryl methyl sites for hydroxylation is 1. The van der Waals surface area contributed by atoms with Gasteiger partial charge in [-0.1, -0.05) is 11.2 Å². The zero-order valence-electron chi connectivity index (χ0n) is 13.5. The van der Waals surface area contributed by atoms with Gasteiger partial charge in [0, 0.05) is 37.3 Å². The molecule has 1 unspecified atom stereocenters. The molecule has 0 aliphatic carbocycles. The van der Waals surface area contributed by atoms with Crippen molar-refractivity contribution in [3.8, 4) is 0 Å². The Balaban J connectivity index is 1.28. The average Bonchev–Trinajstić information content (AvgIpc) is 3.18. The molecule has 1 spiro atoms. The molecule has 2 aliphatic rings. The van der Waals surface area contributed by atoms with Crippen molar-refractivity contribution >= 4 is 17.7 Å². The molecule has 6 nitrogen and oxygen atoms in total. The standard InChI is InChI=1S/C17H19N3O3S/c1-12-5-15(23-19-12)16(21)20-10-17(11-20)6-14(9-24-17)22-8-13-3-2-4-18-7-13/h2-5,7,14H,6,8-11H2,1H3. The van der Waals surface area contributed by atoms with Gasteiger partial charge in [-0.2, -0.15) is 0 Å². The first kappa shape index (κ1) is 15.7. The molecule has 7 heteroatoms. The lowest BCUT2D eigenvalue weighted by Gasteiger charge is -2.47. The van der Waals surface area contributed by atoms with Gasteiger partial charge in [-0.05, 0) is 25.0 Å². The molecular formula is C17H19N3O3S. The number of ether oxygens (including phenoxy) is 1. The predicted molar refractivity (Wildman–Crippen MR) is 89.8 cm³/mol. The summed E-state index contributed by atoms with van der Waals surface area (Å²) < 4.78 is 11.2. The number of aromatic nitrogens is 2. The Morgan fingerprint density at radius 3 is 3.12 bits per heavy atom. The van der Waals surface area contributed by atoms with Crippen LogP contribution in [0.5, 0.6) is 0 Å². The number of rotatable bonds is 4. The monoisotopic (exact) mass is 345 g/mol.